The summed E-state index contributed by atoms with van der Waals surface area (Å²) in [5, 5.41) is 2.79. The van der Waals surface area contributed by atoms with E-state index in [2.05, 4.69) is 5.32 Å². The van der Waals surface area contributed by atoms with Crippen LogP contribution in [0.2, 0.25) is 0 Å². The van der Waals surface area contributed by atoms with Crippen LogP contribution in [0.25, 0.3) is 10.2 Å². The maximum Gasteiger partial charge on any atom is 0.416 e. The summed E-state index contributed by atoms with van der Waals surface area (Å²) in [6, 6.07) is 14.6. The van der Waals surface area contributed by atoms with Crippen LogP contribution >= 0.6 is 11.3 Å². The van der Waals surface area contributed by atoms with E-state index in [1.165, 1.54) is 35.6 Å². The van der Waals surface area contributed by atoms with Crippen LogP contribution in [0.1, 0.15) is 32.1 Å². The number of nitrogens with zero attached hydrogens (tertiary/aromatic N) is 1. The van der Waals surface area contributed by atoms with E-state index in [0.717, 1.165) is 27.2 Å². The first-order valence-electron chi connectivity index (χ1n) is 9.49. The van der Waals surface area contributed by atoms with Crippen molar-refractivity contribution in [3.63, 3.8) is 0 Å². The molecule has 1 amide bonds. The Hall–Kier alpha value is -3.13. The van der Waals surface area contributed by atoms with Crippen molar-refractivity contribution in [3.05, 3.63) is 93.7 Å². The number of fused-ring (bicyclic) bond motifs is 1. The van der Waals surface area contributed by atoms with E-state index in [1.807, 2.05) is 13.0 Å². The lowest BCUT2D eigenvalue weighted by Crippen LogP contribution is -2.25. The molecule has 2 aromatic heterocycles. The summed E-state index contributed by atoms with van der Waals surface area (Å²) in [6.07, 6.45) is -4.40. The predicted octanol–water partition coefficient (Wildman–Crippen LogP) is 6.15. The Morgan fingerprint density at radius 3 is 2.45 bits per heavy atom. The van der Waals surface area contributed by atoms with Crippen molar-refractivity contribution in [2.24, 2.45) is 0 Å². The van der Waals surface area contributed by atoms with E-state index in [1.54, 1.807) is 22.8 Å². The highest BCUT2D eigenvalue weighted by Gasteiger charge is 2.30. The molecule has 0 atom stereocenters. The van der Waals surface area contributed by atoms with Gasteiger partial charge in [0.25, 0.3) is 5.91 Å². The number of halogens is 4. The predicted molar refractivity (Wildman–Crippen MR) is 113 cm³/mol. The van der Waals surface area contributed by atoms with Crippen molar-refractivity contribution >= 4 is 27.5 Å². The third-order valence-electron chi connectivity index (χ3n) is 4.91. The van der Waals surface area contributed by atoms with Gasteiger partial charge in [0.05, 0.1) is 15.8 Å². The summed E-state index contributed by atoms with van der Waals surface area (Å²) in [4.78, 5) is 13.9. The molecule has 3 nitrogen and oxygen atoms in total. The van der Waals surface area contributed by atoms with Crippen molar-refractivity contribution in [2.75, 3.05) is 0 Å². The largest absolute Gasteiger partial charge is 0.416 e. The zero-order valence-electron chi connectivity index (χ0n) is 16.5. The number of benzene rings is 2. The fraction of sp³-hybridized carbons (Fsp3) is 0.174. The number of hydrogen-bond acceptors (Lipinski definition) is 2. The maximum atomic E-state index is 13.4. The summed E-state index contributed by atoms with van der Waals surface area (Å²) in [5.41, 5.74) is 1.81. The zero-order valence-corrected chi connectivity index (χ0v) is 17.3. The fourth-order valence-electron chi connectivity index (χ4n) is 3.43. The third kappa shape index (κ3) is 4.64. The SMILES string of the molecule is Cc1cc2c(cc(C(=O)NCc3cccc(F)c3)n2Cc2ccc(C(F)(F)F)cc2)s1. The van der Waals surface area contributed by atoms with Gasteiger partial charge in [-0.3, -0.25) is 4.79 Å². The summed E-state index contributed by atoms with van der Waals surface area (Å²) in [5.74, 6) is -0.717. The number of carbonyl (C=O) groups is 1. The Labute approximate surface area is 179 Å². The van der Waals surface area contributed by atoms with E-state index < -0.39 is 11.7 Å². The van der Waals surface area contributed by atoms with Crippen LogP contribution < -0.4 is 5.32 Å². The molecule has 160 valence electrons. The molecule has 0 radical (unpaired) electrons. The van der Waals surface area contributed by atoms with Crippen LogP contribution in [0.15, 0.2) is 60.7 Å². The Bertz CT molecular complexity index is 1240. The molecule has 4 aromatic rings. The van der Waals surface area contributed by atoms with Crippen LogP contribution in [0.4, 0.5) is 17.6 Å². The van der Waals surface area contributed by atoms with Crippen LogP contribution in [-0.2, 0) is 19.3 Å². The van der Waals surface area contributed by atoms with Gasteiger partial charge in [-0.2, -0.15) is 13.2 Å². The summed E-state index contributed by atoms with van der Waals surface area (Å²) in [7, 11) is 0. The van der Waals surface area contributed by atoms with Gasteiger partial charge >= 0.3 is 6.18 Å². The molecule has 0 saturated heterocycles. The molecule has 0 saturated carbocycles. The highest BCUT2D eigenvalue weighted by atomic mass is 32.1. The molecule has 8 heteroatoms. The van der Waals surface area contributed by atoms with Crippen LogP contribution in [0.3, 0.4) is 0 Å². The molecule has 0 spiro atoms. The number of hydrogen-bond donors (Lipinski definition) is 1. The van der Waals surface area contributed by atoms with Gasteiger partial charge in [0.2, 0.25) is 0 Å². The van der Waals surface area contributed by atoms with Gasteiger partial charge < -0.3 is 9.88 Å². The Morgan fingerprint density at radius 1 is 1.03 bits per heavy atom. The maximum absolute atomic E-state index is 13.4. The smallest absolute Gasteiger partial charge is 0.347 e. The lowest BCUT2D eigenvalue weighted by molar-refractivity contribution is -0.137. The number of alkyl halides is 3. The number of aromatic nitrogens is 1. The van der Waals surface area contributed by atoms with Crippen molar-refractivity contribution < 1.29 is 22.4 Å². The topological polar surface area (TPSA) is 34.0 Å². The van der Waals surface area contributed by atoms with Gasteiger partial charge in [-0.1, -0.05) is 24.3 Å². The number of carbonyl (C=O) groups excluding carboxylic acids is 1. The first-order valence-corrected chi connectivity index (χ1v) is 10.3. The minimum Gasteiger partial charge on any atom is -0.347 e. The van der Waals surface area contributed by atoms with Gasteiger partial charge in [0, 0.05) is 18.0 Å². The van der Waals surface area contributed by atoms with Crippen molar-refractivity contribution in [3.8, 4) is 0 Å². The summed E-state index contributed by atoms with van der Waals surface area (Å²) >= 11 is 1.54. The monoisotopic (exact) mass is 446 g/mol. The second-order valence-electron chi connectivity index (χ2n) is 7.23. The molecule has 0 fully saturated rings. The zero-order chi connectivity index (χ0) is 22.2. The summed E-state index contributed by atoms with van der Waals surface area (Å²) < 4.78 is 54.6. The van der Waals surface area contributed by atoms with E-state index in [4.69, 9.17) is 0 Å². The average Bonchev–Trinajstić information content (AvgIpc) is 3.23. The molecule has 2 heterocycles. The van der Waals surface area contributed by atoms with Crippen LogP contribution in [0.5, 0.6) is 0 Å². The number of thiophene rings is 1. The minimum atomic E-state index is -4.40. The molecule has 2 aromatic carbocycles. The van der Waals surface area contributed by atoms with E-state index in [0.29, 0.717) is 16.8 Å². The van der Waals surface area contributed by atoms with E-state index >= 15 is 0 Å². The first kappa shape index (κ1) is 21.1. The van der Waals surface area contributed by atoms with E-state index in [9.17, 15) is 22.4 Å². The average molecular weight is 446 g/mol. The second-order valence-corrected chi connectivity index (χ2v) is 8.52. The second kappa shape index (κ2) is 8.19. The first-order chi connectivity index (χ1) is 14.7. The van der Waals surface area contributed by atoms with Crippen molar-refractivity contribution in [2.45, 2.75) is 26.2 Å². The van der Waals surface area contributed by atoms with Gasteiger partial charge in [-0.15, -0.1) is 11.3 Å². The third-order valence-corrected chi connectivity index (χ3v) is 5.90. The molecule has 0 aliphatic rings. The molecule has 0 aliphatic carbocycles. The van der Waals surface area contributed by atoms with Crippen molar-refractivity contribution in [1.82, 2.24) is 9.88 Å². The minimum absolute atomic E-state index is 0.161. The fourth-order valence-corrected chi connectivity index (χ4v) is 4.39. The van der Waals surface area contributed by atoms with E-state index in [-0.39, 0.29) is 24.8 Å². The number of rotatable bonds is 5. The van der Waals surface area contributed by atoms with Crippen molar-refractivity contribution in [1.29, 1.82) is 0 Å². The van der Waals surface area contributed by atoms with Gasteiger partial charge in [0.15, 0.2) is 0 Å². The van der Waals surface area contributed by atoms with Gasteiger partial charge in [0.1, 0.15) is 11.5 Å². The molecule has 1 N–H and O–H groups in total. The highest BCUT2D eigenvalue weighted by Crippen LogP contribution is 2.31. The lowest BCUT2D eigenvalue weighted by atomic mass is 10.1. The number of aryl methyl sites for hydroxylation is 1. The Kier molecular flexibility index (Phi) is 5.58. The lowest BCUT2D eigenvalue weighted by Gasteiger charge is -2.12. The Morgan fingerprint density at radius 2 is 1.77 bits per heavy atom. The normalized spacial score (nSPS) is 11.8. The summed E-state index contributed by atoms with van der Waals surface area (Å²) in [6.45, 7) is 2.37. The van der Waals surface area contributed by atoms with Crippen LogP contribution in [-0.4, -0.2) is 10.5 Å². The molecule has 4 rings (SSSR count). The van der Waals surface area contributed by atoms with Crippen LogP contribution in [0, 0.1) is 12.7 Å². The molecular formula is C23H18F4N2OS. The molecule has 0 unspecified atom stereocenters. The standard InChI is InChI=1S/C23H18F4N2OS/c1-14-9-19-21(31-14)11-20(22(30)28-12-16-3-2-4-18(24)10-16)29(19)13-15-5-7-17(8-6-15)23(25,26)27/h2-11H,12-13H2,1H3,(H,28,30). The highest BCUT2D eigenvalue weighted by molar-refractivity contribution is 7.19. The number of nitrogens with one attached hydrogen (secondary N) is 1. The quantitative estimate of drug-likeness (QED) is 0.367. The number of amides is 1. The Balaban J connectivity index is 1.61. The molecular weight excluding hydrogens is 428 g/mol. The molecule has 0 bridgehead atoms. The van der Waals surface area contributed by atoms with Gasteiger partial charge in [-0.05, 0) is 54.4 Å². The van der Waals surface area contributed by atoms with Gasteiger partial charge in [-0.25, -0.2) is 4.39 Å². The molecule has 31 heavy (non-hydrogen) atoms. The molecule has 0 aliphatic heterocycles.